The molecule has 1 fully saturated rings. The Bertz CT molecular complexity index is 685. The zero-order valence-corrected chi connectivity index (χ0v) is 15.8. The van der Waals surface area contributed by atoms with Gasteiger partial charge in [-0.1, -0.05) is 6.07 Å². The Morgan fingerprint density at radius 1 is 1.24 bits per heavy atom. The highest BCUT2D eigenvalue weighted by Crippen LogP contribution is 2.22. The van der Waals surface area contributed by atoms with E-state index >= 15 is 0 Å². The third-order valence-electron chi connectivity index (χ3n) is 3.98. The van der Waals surface area contributed by atoms with E-state index in [2.05, 4.69) is 30.9 Å². The number of rotatable bonds is 6. The average molecular weight is 369 g/mol. The summed E-state index contributed by atoms with van der Waals surface area (Å²) in [6, 6.07) is 8.06. The number of nitrogens with one attached hydrogen (secondary N) is 2. The lowest BCUT2D eigenvalue weighted by Crippen LogP contribution is -2.53. The Morgan fingerprint density at radius 3 is 2.56 bits per heavy atom. The molecule has 140 valence electrons. The monoisotopic (exact) mass is 369 g/mol. The SMILES string of the molecule is CN=C(NCCNS(C)(=O)=O)N1CCN(c2cccc(OC)c2)CC1. The third kappa shape index (κ3) is 6.09. The van der Waals surface area contributed by atoms with Crippen LogP contribution in [-0.4, -0.2) is 79.0 Å². The highest BCUT2D eigenvalue weighted by atomic mass is 32.2. The Balaban J connectivity index is 1.83. The summed E-state index contributed by atoms with van der Waals surface area (Å²) in [5, 5.41) is 3.20. The lowest BCUT2D eigenvalue weighted by Gasteiger charge is -2.37. The number of guanidine groups is 1. The molecule has 1 heterocycles. The van der Waals surface area contributed by atoms with Crippen LogP contribution >= 0.6 is 0 Å². The second kappa shape index (κ2) is 8.91. The molecule has 0 saturated carbocycles. The number of hydrogen-bond donors (Lipinski definition) is 2. The first-order valence-electron chi connectivity index (χ1n) is 8.22. The minimum absolute atomic E-state index is 0.335. The minimum atomic E-state index is -3.16. The lowest BCUT2D eigenvalue weighted by atomic mass is 10.2. The van der Waals surface area contributed by atoms with Gasteiger partial charge in [0.05, 0.1) is 13.4 Å². The maximum absolute atomic E-state index is 11.1. The van der Waals surface area contributed by atoms with Crippen molar-refractivity contribution in [3.05, 3.63) is 24.3 Å². The van der Waals surface area contributed by atoms with Crippen molar-refractivity contribution < 1.29 is 13.2 Å². The summed E-state index contributed by atoms with van der Waals surface area (Å²) >= 11 is 0. The average Bonchev–Trinajstić information content (AvgIpc) is 2.61. The molecule has 8 nitrogen and oxygen atoms in total. The van der Waals surface area contributed by atoms with Gasteiger partial charge in [0.1, 0.15) is 5.75 Å². The molecule has 0 atom stereocenters. The van der Waals surface area contributed by atoms with Crippen LogP contribution in [0.15, 0.2) is 29.3 Å². The van der Waals surface area contributed by atoms with Crippen molar-refractivity contribution in [1.82, 2.24) is 14.9 Å². The molecule has 0 radical (unpaired) electrons. The number of ether oxygens (including phenoxy) is 1. The first-order chi connectivity index (χ1) is 11.9. The van der Waals surface area contributed by atoms with Gasteiger partial charge in [-0.25, -0.2) is 13.1 Å². The number of piperazine rings is 1. The smallest absolute Gasteiger partial charge is 0.208 e. The van der Waals surface area contributed by atoms with Crippen LogP contribution in [0, 0.1) is 0 Å². The minimum Gasteiger partial charge on any atom is -0.497 e. The topological polar surface area (TPSA) is 86.3 Å². The van der Waals surface area contributed by atoms with E-state index in [-0.39, 0.29) is 0 Å². The van der Waals surface area contributed by atoms with Crippen LogP contribution in [0.25, 0.3) is 0 Å². The number of nitrogens with zero attached hydrogens (tertiary/aromatic N) is 3. The number of hydrogen-bond acceptors (Lipinski definition) is 5. The molecule has 25 heavy (non-hydrogen) atoms. The van der Waals surface area contributed by atoms with Crippen molar-refractivity contribution in [3.8, 4) is 5.75 Å². The van der Waals surface area contributed by atoms with E-state index in [1.54, 1.807) is 14.2 Å². The summed E-state index contributed by atoms with van der Waals surface area (Å²) in [5.74, 6) is 1.65. The molecule has 1 saturated heterocycles. The number of methoxy groups -OCH3 is 1. The first kappa shape index (κ1) is 19.3. The van der Waals surface area contributed by atoms with Crippen LogP contribution < -0.4 is 19.7 Å². The number of aliphatic imine (C=N–C) groups is 1. The molecule has 0 unspecified atom stereocenters. The van der Waals surface area contributed by atoms with Gasteiger partial charge in [0, 0.05) is 58.1 Å². The first-order valence-corrected chi connectivity index (χ1v) is 10.1. The van der Waals surface area contributed by atoms with Crippen molar-refractivity contribution in [3.63, 3.8) is 0 Å². The van der Waals surface area contributed by atoms with Crippen LogP contribution in [0.4, 0.5) is 5.69 Å². The van der Waals surface area contributed by atoms with Crippen LogP contribution in [-0.2, 0) is 10.0 Å². The molecule has 0 aromatic heterocycles. The fourth-order valence-electron chi connectivity index (χ4n) is 2.73. The molecule has 1 aliphatic heterocycles. The number of sulfonamides is 1. The van der Waals surface area contributed by atoms with E-state index < -0.39 is 10.0 Å². The van der Waals surface area contributed by atoms with E-state index in [4.69, 9.17) is 4.74 Å². The molecular formula is C16H27N5O3S. The van der Waals surface area contributed by atoms with Gasteiger partial charge in [0.25, 0.3) is 0 Å². The molecule has 0 aliphatic carbocycles. The van der Waals surface area contributed by atoms with Gasteiger partial charge in [-0.15, -0.1) is 0 Å². The maximum atomic E-state index is 11.1. The number of anilines is 1. The van der Waals surface area contributed by atoms with Gasteiger partial charge >= 0.3 is 0 Å². The van der Waals surface area contributed by atoms with Crippen LogP contribution in [0.5, 0.6) is 5.75 Å². The Morgan fingerprint density at radius 2 is 1.96 bits per heavy atom. The van der Waals surface area contributed by atoms with E-state index in [9.17, 15) is 8.42 Å². The van der Waals surface area contributed by atoms with Gasteiger partial charge in [-0.2, -0.15) is 0 Å². The van der Waals surface area contributed by atoms with Crippen molar-refractivity contribution in [2.75, 3.05) is 64.6 Å². The van der Waals surface area contributed by atoms with Crippen LogP contribution in [0.3, 0.4) is 0 Å². The quantitative estimate of drug-likeness (QED) is 0.415. The molecule has 1 aromatic carbocycles. The summed E-state index contributed by atoms with van der Waals surface area (Å²) in [6.45, 7) is 4.29. The molecule has 0 bridgehead atoms. The van der Waals surface area contributed by atoms with Crippen molar-refractivity contribution in [2.45, 2.75) is 0 Å². The van der Waals surface area contributed by atoms with E-state index in [1.807, 2.05) is 18.2 Å². The zero-order chi connectivity index (χ0) is 18.3. The highest BCUT2D eigenvalue weighted by molar-refractivity contribution is 7.88. The van der Waals surface area contributed by atoms with E-state index in [0.29, 0.717) is 13.1 Å². The van der Waals surface area contributed by atoms with E-state index in [1.165, 1.54) is 0 Å². The molecule has 1 aliphatic rings. The second-order valence-electron chi connectivity index (χ2n) is 5.82. The molecular weight excluding hydrogens is 342 g/mol. The zero-order valence-electron chi connectivity index (χ0n) is 15.0. The van der Waals surface area contributed by atoms with Crippen LogP contribution in [0.1, 0.15) is 0 Å². The van der Waals surface area contributed by atoms with Crippen LogP contribution in [0.2, 0.25) is 0 Å². The maximum Gasteiger partial charge on any atom is 0.208 e. The summed E-state index contributed by atoms with van der Waals surface area (Å²) in [5.41, 5.74) is 1.15. The standard InChI is InChI=1S/C16H27N5O3S/c1-17-16(18-7-8-19-25(3,22)23)21-11-9-20(10-12-21)14-5-4-6-15(13-14)24-2/h4-6,13,19H,7-12H2,1-3H3,(H,17,18). The molecule has 9 heteroatoms. The van der Waals surface area contributed by atoms with Crippen molar-refractivity contribution >= 4 is 21.7 Å². The van der Waals surface area contributed by atoms with Gasteiger partial charge in [-0.3, -0.25) is 4.99 Å². The molecule has 2 N–H and O–H groups in total. The molecule has 1 aromatic rings. The summed E-state index contributed by atoms with van der Waals surface area (Å²) in [7, 11) is 0.251. The second-order valence-corrected chi connectivity index (χ2v) is 7.65. The van der Waals surface area contributed by atoms with Crippen molar-refractivity contribution in [2.24, 2.45) is 4.99 Å². The molecule has 2 rings (SSSR count). The Kier molecular flexibility index (Phi) is 6.89. The van der Waals surface area contributed by atoms with Gasteiger partial charge in [0.2, 0.25) is 10.0 Å². The Hall–Kier alpha value is -2.00. The Labute approximate surface area is 149 Å². The normalized spacial score (nSPS) is 16.0. The van der Waals surface area contributed by atoms with Gasteiger partial charge in [-0.05, 0) is 12.1 Å². The largest absolute Gasteiger partial charge is 0.497 e. The highest BCUT2D eigenvalue weighted by Gasteiger charge is 2.20. The summed E-state index contributed by atoms with van der Waals surface area (Å²) in [6.07, 6.45) is 1.15. The van der Waals surface area contributed by atoms with Crippen molar-refractivity contribution in [1.29, 1.82) is 0 Å². The fraction of sp³-hybridized carbons (Fsp3) is 0.562. The predicted octanol–water partition coefficient (Wildman–Crippen LogP) is -0.0582. The molecule has 0 spiro atoms. The predicted molar refractivity (Wildman–Crippen MR) is 101 cm³/mol. The van der Waals surface area contributed by atoms with Gasteiger partial charge in [0.15, 0.2) is 5.96 Å². The lowest BCUT2D eigenvalue weighted by molar-refractivity contribution is 0.372. The third-order valence-corrected chi connectivity index (χ3v) is 4.71. The summed E-state index contributed by atoms with van der Waals surface area (Å²) < 4.78 is 29.9. The van der Waals surface area contributed by atoms with E-state index in [0.717, 1.165) is 49.8 Å². The fourth-order valence-corrected chi connectivity index (χ4v) is 3.20. The summed E-state index contributed by atoms with van der Waals surface area (Å²) in [4.78, 5) is 8.78. The van der Waals surface area contributed by atoms with Gasteiger partial charge < -0.3 is 19.9 Å². The number of benzene rings is 1. The molecule has 0 amide bonds.